The highest BCUT2D eigenvalue weighted by atomic mass is 16.5. The van der Waals surface area contributed by atoms with Gasteiger partial charge in [0, 0.05) is 22.5 Å². The van der Waals surface area contributed by atoms with Gasteiger partial charge in [-0.25, -0.2) is 9.67 Å². The number of nitrogen functional groups attached to an aromatic ring is 1. The number of fused-ring (bicyclic) bond motifs is 2. The fraction of sp³-hybridized carbons (Fsp3) is 0.0645. The molecule has 0 amide bonds. The van der Waals surface area contributed by atoms with Crippen molar-refractivity contribution in [3.8, 4) is 22.6 Å². The van der Waals surface area contributed by atoms with Gasteiger partial charge in [-0.3, -0.25) is 4.79 Å². The number of carboxylic acids is 1. The quantitative estimate of drug-likeness (QED) is 0.277. The molecule has 0 aliphatic carbocycles. The average Bonchev–Trinajstić information content (AvgIpc) is 3.31. The molecular formula is C31H24N4O3. The van der Waals surface area contributed by atoms with Crippen LogP contribution in [0.2, 0.25) is 0 Å². The maximum absolute atomic E-state index is 11.3. The predicted molar refractivity (Wildman–Crippen MR) is 148 cm³/mol. The van der Waals surface area contributed by atoms with Crippen molar-refractivity contribution in [3.05, 3.63) is 115 Å². The van der Waals surface area contributed by atoms with Crippen molar-refractivity contribution < 1.29 is 14.6 Å². The van der Waals surface area contributed by atoms with Gasteiger partial charge in [0.25, 0.3) is 0 Å². The van der Waals surface area contributed by atoms with Gasteiger partial charge < -0.3 is 15.6 Å². The molecule has 4 aromatic carbocycles. The van der Waals surface area contributed by atoms with Crippen LogP contribution in [0, 0.1) is 0 Å². The van der Waals surface area contributed by atoms with E-state index in [1.54, 1.807) is 18.3 Å². The monoisotopic (exact) mass is 500 g/mol. The van der Waals surface area contributed by atoms with Gasteiger partial charge in [-0.15, -0.1) is 0 Å². The van der Waals surface area contributed by atoms with Crippen LogP contribution in [0.25, 0.3) is 38.5 Å². The van der Waals surface area contributed by atoms with Crippen molar-refractivity contribution in [2.45, 2.75) is 13.0 Å². The minimum atomic E-state index is -0.907. The van der Waals surface area contributed by atoms with Crippen molar-refractivity contribution >= 4 is 33.5 Å². The highest BCUT2D eigenvalue weighted by Gasteiger charge is 2.16. The Balaban J connectivity index is 1.44. The molecule has 0 radical (unpaired) electrons. The third-order valence-electron chi connectivity index (χ3n) is 6.57. The van der Waals surface area contributed by atoms with Crippen molar-refractivity contribution in [2.75, 3.05) is 5.73 Å². The summed E-state index contributed by atoms with van der Waals surface area (Å²) in [6.45, 7) is 0.186. The summed E-state index contributed by atoms with van der Waals surface area (Å²) in [5.74, 6) is 0.123. The van der Waals surface area contributed by atoms with Crippen molar-refractivity contribution in [2.24, 2.45) is 0 Å². The Kier molecular flexibility index (Phi) is 5.94. The van der Waals surface area contributed by atoms with Crippen molar-refractivity contribution in [3.63, 3.8) is 0 Å². The zero-order valence-electron chi connectivity index (χ0n) is 20.4. The lowest BCUT2D eigenvalue weighted by Crippen LogP contribution is -2.05. The van der Waals surface area contributed by atoms with E-state index in [0.717, 1.165) is 44.2 Å². The first kappa shape index (κ1) is 23.2. The molecule has 7 heteroatoms. The van der Waals surface area contributed by atoms with Crippen LogP contribution in [-0.4, -0.2) is 25.8 Å². The summed E-state index contributed by atoms with van der Waals surface area (Å²) in [6, 6.07) is 31.5. The summed E-state index contributed by atoms with van der Waals surface area (Å²) in [5.41, 5.74) is 11.4. The molecule has 0 bridgehead atoms. The van der Waals surface area contributed by atoms with Crippen LogP contribution in [0.15, 0.2) is 103 Å². The number of anilines is 1. The summed E-state index contributed by atoms with van der Waals surface area (Å²) in [7, 11) is 0. The molecule has 7 nitrogen and oxygen atoms in total. The van der Waals surface area contributed by atoms with E-state index in [0.29, 0.717) is 17.1 Å². The highest BCUT2D eigenvalue weighted by Crippen LogP contribution is 2.32. The van der Waals surface area contributed by atoms with E-state index in [1.165, 1.54) is 0 Å². The molecule has 0 spiro atoms. The number of rotatable bonds is 7. The van der Waals surface area contributed by atoms with E-state index in [1.807, 2.05) is 59.3 Å². The molecule has 0 fully saturated rings. The third-order valence-corrected chi connectivity index (χ3v) is 6.57. The number of nitrogens with two attached hydrogens (primary N) is 1. The molecule has 2 heterocycles. The Hall–Kier alpha value is -5.17. The number of hydrogen-bond acceptors (Lipinski definition) is 5. The summed E-state index contributed by atoms with van der Waals surface area (Å²) in [4.78, 5) is 15.6. The Morgan fingerprint density at radius 3 is 2.42 bits per heavy atom. The lowest BCUT2D eigenvalue weighted by molar-refractivity contribution is -0.136. The number of carbonyl (C=O) groups is 1. The van der Waals surface area contributed by atoms with Crippen LogP contribution in [-0.2, 0) is 17.8 Å². The van der Waals surface area contributed by atoms with Gasteiger partial charge in [-0.2, -0.15) is 5.10 Å². The van der Waals surface area contributed by atoms with Gasteiger partial charge in [0.1, 0.15) is 23.9 Å². The summed E-state index contributed by atoms with van der Waals surface area (Å²) >= 11 is 0. The van der Waals surface area contributed by atoms with E-state index in [-0.39, 0.29) is 13.0 Å². The van der Waals surface area contributed by atoms with E-state index < -0.39 is 5.97 Å². The van der Waals surface area contributed by atoms with Crippen LogP contribution in [0.1, 0.15) is 11.3 Å². The largest absolute Gasteiger partial charge is 0.487 e. The van der Waals surface area contributed by atoms with Gasteiger partial charge >= 0.3 is 5.97 Å². The Bertz CT molecular complexity index is 1790. The number of aromatic nitrogens is 3. The third kappa shape index (κ3) is 4.41. The topological polar surface area (TPSA) is 103 Å². The van der Waals surface area contributed by atoms with Crippen molar-refractivity contribution in [1.29, 1.82) is 0 Å². The molecule has 3 N–H and O–H groups in total. The summed E-state index contributed by atoms with van der Waals surface area (Å²) in [6.07, 6.45) is 1.60. The number of hydrogen-bond donors (Lipinski definition) is 2. The predicted octanol–water partition coefficient (Wildman–Crippen LogP) is 6.03. The molecule has 0 atom stereocenters. The SMILES string of the molecule is Nc1nccc2ccc(-c3ccc4c(c3)c(COc3ccccc3CC(=O)O)nn4-c3ccccc3)cc12. The van der Waals surface area contributed by atoms with Gasteiger partial charge in [0.15, 0.2) is 0 Å². The van der Waals surface area contributed by atoms with Crippen LogP contribution in [0.5, 0.6) is 5.75 Å². The van der Waals surface area contributed by atoms with Crippen LogP contribution >= 0.6 is 0 Å². The Labute approximate surface area is 218 Å². The molecule has 0 aliphatic heterocycles. The van der Waals surface area contributed by atoms with Crippen LogP contribution in [0.3, 0.4) is 0 Å². The zero-order valence-corrected chi connectivity index (χ0v) is 20.4. The second kappa shape index (κ2) is 9.71. The van der Waals surface area contributed by atoms with Gasteiger partial charge in [-0.1, -0.05) is 54.6 Å². The molecule has 6 aromatic rings. The number of aliphatic carboxylic acids is 1. The number of nitrogens with zero attached hydrogens (tertiary/aromatic N) is 3. The minimum absolute atomic E-state index is 0.112. The number of carboxylic acid groups (broad SMARTS) is 1. The summed E-state index contributed by atoms with van der Waals surface area (Å²) < 4.78 is 8.04. The first-order valence-corrected chi connectivity index (χ1v) is 12.2. The molecule has 38 heavy (non-hydrogen) atoms. The van der Waals surface area contributed by atoms with Crippen LogP contribution in [0.4, 0.5) is 5.82 Å². The zero-order chi connectivity index (χ0) is 26.1. The lowest BCUT2D eigenvalue weighted by atomic mass is 10.00. The highest BCUT2D eigenvalue weighted by molar-refractivity contribution is 5.95. The van der Waals surface area contributed by atoms with Gasteiger partial charge in [0.2, 0.25) is 0 Å². The van der Waals surface area contributed by atoms with E-state index in [9.17, 15) is 9.90 Å². The van der Waals surface area contributed by atoms with Crippen molar-refractivity contribution in [1.82, 2.24) is 14.8 Å². The fourth-order valence-corrected chi connectivity index (χ4v) is 4.70. The molecule has 0 saturated carbocycles. The molecular weight excluding hydrogens is 476 g/mol. The Morgan fingerprint density at radius 2 is 1.61 bits per heavy atom. The first-order chi connectivity index (χ1) is 18.6. The summed E-state index contributed by atoms with van der Waals surface area (Å²) in [5, 5.41) is 17.1. The van der Waals surface area contributed by atoms with Gasteiger partial charge in [-0.05, 0) is 59.0 Å². The second-order valence-electron chi connectivity index (χ2n) is 9.02. The smallest absolute Gasteiger partial charge is 0.307 e. The Morgan fingerprint density at radius 1 is 0.868 bits per heavy atom. The molecule has 0 unspecified atom stereocenters. The molecule has 6 rings (SSSR count). The fourth-order valence-electron chi connectivity index (χ4n) is 4.70. The maximum atomic E-state index is 11.3. The molecule has 0 saturated heterocycles. The first-order valence-electron chi connectivity index (χ1n) is 12.2. The molecule has 2 aromatic heterocycles. The van der Waals surface area contributed by atoms with E-state index in [4.69, 9.17) is 15.6 Å². The average molecular weight is 501 g/mol. The number of para-hydroxylation sites is 2. The standard InChI is InChI=1S/C31H24N4O3/c32-31-25-16-21(11-10-20(25)14-15-33-31)22-12-13-28-26(17-22)27(34-35(28)24-7-2-1-3-8-24)19-38-29-9-5-4-6-23(29)18-30(36)37/h1-17H,18-19H2,(H2,32,33)(H,36,37). The normalized spacial score (nSPS) is 11.2. The second-order valence-corrected chi connectivity index (χ2v) is 9.02. The number of benzene rings is 4. The number of ether oxygens (including phenoxy) is 1. The maximum Gasteiger partial charge on any atom is 0.307 e. The van der Waals surface area contributed by atoms with Crippen LogP contribution < -0.4 is 10.5 Å². The lowest BCUT2D eigenvalue weighted by Gasteiger charge is -2.09. The minimum Gasteiger partial charge on any atom is -0.487 e. The molecule has 186 valence electrons. The van der Waals surface area contributed by atoms with Gasteiger partial charge in [0.05, 0.1) is 17.6 Å². The number of pyridine rings is 1. The van der Waals surface area contributed by atoms with E-state index in [2.05, 4.69) is 35.3 Å². The molecule has 0 aliphatic rings. The van der Waals surface area contributed by atoms with E-state index >= 15 is 0 Å².